The van der Waals surface area contributed by atoms with Crippen molar-refractivity contribution in [3.8, 4) is 0 Å². The van der Waals surface area contributed by atoms with Gasteiger partial charge in [-0.05, 0) is 41.3 Å². The molecule has 0 aromatic carbocycles. The van der Waals surface area contributed by atoms with Crippen molar-refractivity contribution in [2.75, 3.05) is 0 Å². The third-order valence-corrected chi connectivity index (χ3v) is 3.09. The molecule has 1 aliphatic rings. The topological polar surface area (TPSA) is 39.2 Å². The molecule has 1 fully saturated rings. The summed E-state index contributed by atoms with van der Waals surface area (Å²) >= 11 is 9.04. The zero-order valence-electron chi connectivity index (χ0n) is 7.87. The lowest BCUT2D eigenvalue weighted by Gasteiger charge is -2.25. The van der Waals surface area contributed by atoms with Gasteiger partial charge in [0.15, 0.2) is 0 Å². The van der Waals surface area contributed by atoms with E-state index in [-0.39, 0.29) is 11.3 Å². The van der Waals surface area contributed by atoms with Crippen LogP contribution in [0.1, 0.15) is 29.6 Å². The van der Waals surface area contributed by atoms with E-state index in [1.165, 1.54) is 0 Å². The summed E-state index contributed by atoms with van der Waals surface area (Å²) in [6, 6.07) is 1.62. The Balaban J connectivity index is 2.12. The number of esters is 1. The van der Waals surface area contributed by atoms with Gasteiger partial charge in [-0.2, -0.15) is 0 Å². The second-order valence-corrected chi connectivity index (χ2v) is 4.72. The van der Waals surface area contributed by atoms with Crippen LogP contribution in [-0.2, 0) is 4.74 Å². The predicted molar refractivity (Wildman–Crippen MR) is 60.0 cm³/mol. The van der Waals surface area contributed by atoms with Gasteiger partial charge in [-0.1, -0.05) is 11.6 Å². The minimum absolute atomic E-state index is 0.0625. The third-order valence-electron chi connectivity index (χ3n) is 2.35. The van der Waals surface area contributed by atoms with Crippen LogP contribution in [0.4, 0.5) is 0 Å². The average Bonchev–Trinajstić information content (AvgIpc) is 2.15. The highest BCUT2D eigenvalue weighted by Gasteiger charge is 2.23. The molecule has 0 amide bonds. The second-order valence-electron chi connectivity index (χ2n) is 3.45. The molecular formula is C10H9BrClNO2. The van der Waals surface area contributed by atoms with Crippen LogP contribution in [0.25, 0.3) is 0 Å². The SMILES string of the molecule is O=C(OC1CCC1)c1cc(Br)cnc1Cl. The molecular weight excluding hydrogens is 281 g/mol. The van der Waals surface area contributed by atoms with Gasteiger partial charge in [0.2, 0.25) is 0 Å². The Morgan fingerprint density at radius 3 is 2.93 bits per heavy atom. The fourth-order valence-corrected chi connectivity index (χ4v) is 1.78. The number of pyridine rings is 1. The minimum Gasteiger partial charge on any atom is -0.459 e. The van der Waals surface area contributed by atoms with Gasteiger partial charge >= 0.3 is 5.97 Å². The summed E-state index contributed by atoms with van der Waals surface area (Å²) in [6.07, 6.45) is 4.63. The monoisotopic (exact) mass is 289 g/mol. The van der Waals surface area contributed by atoms with Crippen molar-refractivity contribution >= 4 is 33.5 Å². The molecule has 1 saturated carbocycles. The highest BCUT2D eigenvalue weighted by atomic mass is 79.9. The maximum atomic E-state index is 11.7. The van der Waals surface area contributed by atoms with Crippen LogP contribution in [0, 0.1) is 0 Å². The van der Waals surface area contributed by atoms with Gasteiger partial charge in [0.25, 0.3) is 0 Å². The Hall–Kier alpha value is -0.610. The predicted octanol–water partition coefficient (Wildman–Crippen LogP) is 3.21. The number of hydrogen-bond donors (Lipinski definition) is 0. The number of halogens is 2. The fourth-order valence-electron chi connectivity index (χ4n) is 1.27. The summed E-state index contributed by atoms with van der Waals surface area (Å²) in [5.74, 6) is -0.390. The molecule has 2 rings (SSSR count). The molecule has 3 nitrogen and oxygen atoms in total. The molecule has 1 aromatic rings. The average molecular weight is 291 g/mol. The van der Waals surface area contributed by atoms with Crippen molar-refractivity contribution in [2.24, 2.45) is 0 Å². The van der Waals surface area contributed by atoms with E-state index < -0.39 is 5.97 Å². The molecule has 0 bridgehead atoms. The first-order valence-corrected chi connectivity index (χ1v) is 5.86. The lowest BCUT2D eigenvalue weighted by atomic mass is 9.96. The van der Waals surface area contributed by atoms with Gasteiger partial charge in [0.1, 0.15) is 11.3 Å². The maximum Gasteiger partial charge on any atom is 0.341 e. The van der Waals surface area contributed by atoms with Crippen LogP contribution >= 0.6 is 27.5 Å². The lowest BCUT2D eigenvalue weighted by molar-refractivity contribution is 0.00898. The second kappa shape index (κ2) is 4.49. The number of rotatable bonds is 2. The molecule has 0 atom stereocenters. The number of carbonyl (C=O) groups is 1. The summed E-state index contributed by atoms with van der Waals surface area (Å²) in [6.45, 7) is 0. The summed E-state index contributed by atoms with van der Waals surface area (Å²) in [4.78, 5) is 15.5. The third kappa shape index (κ3) is 2.49. The van der Waals surface area contributed by atoms with Crippen molar-refractivity contribution < 1.29 is 9.53 Å². The normalized spacial score (nSPS) is 15.9. The lowest BCUT2D eigenvalue weighted by Crippen LogP contribution is -2.25. The van der Waals surface area contributed by atoms with E-state index in [4.69, 9.17) is 16.3 Å². The van der Waals surface area contributed by atoms with Crippen molar-refractivity contribution in [3.63, 3.8) is 0 Å². The van der Waals surface area contributed by atoms with E-state index in [1.807, 2.05) is 0 Å². The van der Waals surface area contributed by atoms with E-state index in [1.54, 1.807) is 12.3 Å². The number of hydrogen-bond acceptors (Lipinski definition) is 3. The van der Waals surface area contributed by atoms with Gasteiger partial charge in [0.05, 0.1) is 5.56 Å². The van der Waals surface area contributed by atoms with Crippen LogP contribution in [0.3, 0.4) is 0 Å². The van der Waals surface area contributed by atoms with E-state index >= 15 is 0 Å². The number of aromatic nitrogens is 1. The zero-order valence-corrected chi connectivity index (χ0v) is 10.2. The van der Waals surface area contributed by atoms with Gasteiger partial charge in [-0.15, -0.1) is 0 Å². The first-order valence-electron chi connectivity index (χ1n) is 4.69. The number of carbonyl (C=O) groups excluding carboxylic acids is 1. The molecule has 0 unspecified atom stereocenters. The fraction of sp³-hybridized carbons (Fsp3) is 0.400. The van der Waals surface area contributed by atoms with Crippen molar-refractivity contribution in [1.82, 2.24) is 4.98 Å². The van der Waals surface area contributed by atoms with Crippen molar-refractivity contribution in [3.05, 3.63) is 27.5 Å². The molecule has 5 heteroatoms. The molecule has 0 saturated heterocycles. The Bertz CT molecular complexity index is 393. The van der Waals surface area contributed by atoms with E-state index in [0.717, 1.165) is 19.3 Å². The molecule has 15 heavy (non-hydrogen) atoms. The van der Waals surface area contributed by atoms with Crippen molar-refractivity contribution in [2.45, 2.75) is 25.4 Å². The largest absolute Gasteiger partial charge is 0.459 e. The number of ether oxygens (including phenoxy) is 1. The van der Waals surface area contributed by atoms with Crippen molar-refractivity contribution in [1.29, 1.82) is 0 Å². The van der Waals surface area contributed by atoms with Crippen LogP contribution < -0.4 is 0 Å². The summed E-state index contributed by atoms with van der Waals surface area (Å²) in [5, 5.41) is 0.183. The molecule has 0 aliphatic heterocycles. The summed E-state index contributed by atoms with van der Waals surface area (Å²) in [7, 11) is 0. The van der Waals surface area contributed by atoms with Gasteiger partial charge in [0, 0.05) is 10.7 Å². The van der Waals surface area contributed by atoms with E-state index in [2.05, 4.69) is 20.9 Å². The maximum absolute atomic E-state index is 11.7. The Morgan fingerprint density at radius 1 is 1.60 bits per heavy atom. The van der Waals surface area contributed by atoms with Crippen LogP contribution in [0.2, 0.25) is 5.15 Å². The van der Waals surface area contributed by atoms with Gasteiger partial charge < -0.3 is 4.74 Å². The summed E-state index contributed by atoms with van der Waals surface area (Å²) in [5.41, 5.74) is 0.318. The zero-order chi connectivity index (χ0) is 10.8. The van der Waals surface area contributed by atoms with E-state index in [0.29, 0.717) is 10.0 Å². The molecule has 0 spiro atoms. The summed E-state index contributed by atoms with van der Waals surface area (Å²) < 4.78 is 5.94. The van der Waals surface area contributed by atoms with E-state index in [9.17, 15) is 4.79 Å². The Morgan fingerprint density at radius 2 is 2.33 bits per heavy atom. The highest BCUT2D eigenvalue weighted by Crippen LogP contribution is 2.25. The van der Waals surface area contributed by atoms with Crippen LogP contribution in [0.15, 0.2) is 16.7 Å². The standard InChI is InChI=1S/C10H9BrClNO2/c11-6-4-8(9(12)13-5-6)10(14)15-7-2-1-3-7/h4-5,7H,1-3H2. The smallest absolute Gasteiger partial charge is 0.341 e. The van der Waals surface area contributed by atoms with Crippen LogP contribution in [-0.4, -0.2) is 17.1 Å². The van der Waals surface area contributed by atoms with Gasteiger partial charge in [-0.25, -0.2) is 9.78 Å². The first-order chi connectivity index (χ1) is 7.16. The van der Waals surface area contributed by atoms with Gasteiger partial charge in [-0.3, -0.25) is 0 Å². The Kier molecular flexibility index (Phi) is 3.26. The minimum atomic E-state index is -0.390. The molecule has 0 N–H and O–H groups in total. The molecule has 1 heterocycles. The van der Waals surface area contributed by atoms with Crippen LogP contribution in [0.5, 0.6) is 0 Å². The first kappa shape index (κ1) is 10.9. The number of nitrogens with zero attached hydrogens (tertiary/aromatic N) is 1. The molecule has 1 aromatic heterocycles. The molecule has 0 radical (unpaired) electrons. The quantitative estimate of drug-likeness (QED) is 0.620. The molecule has 80 valence electrons. The molecule has 1 aliphatic carbocycles. The highest BCUT2D eigenvalue weighted by molar-refractivity contribution is 9.10. The Labute approximate surface area is 101 Å².